The molecule has 6 heteroatoms. The van der Waals surface area contributed by atoms with Crippen LogP contribution in [0, 0.1) is 20.8 Å². The Balaban J connectivity index is 2.31. The van der Waals surface area contributed by atoms with Crippen LogP contribution in [0.4, 0.5) is 5.00 Å². The highest BCUT2D eigenvalue weighted by atomic mass is 32.1. The molecule has 0 spiro atoms. The van der Waals surface area contributed by atoms with Crippen LogP contribution in [0.2, 0.25) is 0 Å². The maximum Gasteiger partial charge on any atom is 0.338 e. The Hall–Kier alpha value is -2.08. The van der Waals surface area contributed by atoms with Gasteiger partial charge in [0.15, 0.2) is 0 Å². The molecule has 19 heavy (non-hydrogen) atoms. The second-order valence-electron chi connectivity index (χ2n) is 4.19. The molecule has 0 fully saturated rings. The van der Waals surface area contributed by atoms with Gasteiger partial charge in [0.25, 0.3) is 5.91 Å². The standard InChI is InChI=1S/C13H13NO4S/c1-6-4-9(5-18-6)11(15)14-12-10(13(16)17)7(2)8(3)19-12/h4-5H,1-3H3,(H,14,15)(H,16,17). The molecule has 100 valence electrons. The van der Waals surface area contributed by atoms with Gasteiger partial charge in [0, 0.05) is 4.88 Å². The van der Waals surface area contributed by atoms with Crippen molar-refractivity contribution in [3.05, 3.63) is 39.7 Å². The van der Waals surface area contributed by atoms with Crippen LogP contribution in [-0.4, -0.2) is 17.0 Å². The molecular weight excluding hydrogens is 266 g/mol. The number of rotatable bonds is 3. The third kappa shape index (κ3) is 2.53. The summed E-state index contributed by atoms with van der Waals surface area (Å²) in [7, 11) is 0. The number of aryl methyl sites for hydroxylation is 2. The van der Waals surface area contributed by atoms with E-state index in [9.17, 15) is 14.7 Å². The van der Waals surface area contributed by atoms with Gasteiger partial charge in [-0.2, -0.15) is 0 Å². The number of nitrogens with one attached hydrogen (secondary N) is 1. The van der Waals surface area contributed by atoms with E-state index in [1.807, 2.05) is 6.92 Å². The summed E-state index contributed by atoms with van der Waals surface area (Å²) in [5.41, 5.74) is 1.20. The molecule has 2 aromatic rings. The molecule has 5 nitrogen and oxygen atoms in total. The molecule has 0 radical (unpaired) electrons. The molecular formula is C13H13NO4S. The molecule has 0 bridgehead atoms. The van der Waals surface area contributed by atoms with Gasteiger partial charge in [0.1, 0.15) is 17.0 Å². The largest absolute Gasteiger partial charge is 0.478 e. The van der Waals surface area contributed by atoms with Gasteiger partial charge in [-0.15, -0.1) is 11.3 Å². The van der Waals surface area contributed by atoms with Crippen LogP contribution in [0.1, 0.15) is 36.9 Å². The maximum absolute atomic E-state index is 12.0. The number of thiophene rings is 1. The maximum atomic E-state index is 12.0. The molecule has 1 amide bonds. The predicted octanol–water partition coefficient (Wildman–Crippen LogP) is 3.22. The molecule has 0 unspecified atom stereocenters. The zero-order chi connectivity index (χ0) is 14.2. The molecule has 0 saturated heterocycles. The minimum Gasteiger partial charge on any atom is -0.478 e. The minimum atomic E-state index is -1.04. The number of carboxylic acids is 1. The first-order valence-corrected chi connectivity index (χ1v) is 6.41. The van der Waals surface area contributed by atoms with Crippen LogP contribution < -0.4 is 5.32 Å². The summed E-state index contributed by atoms with van der Waals surface area (Å²) in [6, 6.07) is 1.60. The second-order valence-corrected chi connectivity index (χ2v) is 5.42. The van der Waals surface area contributed by atoms with Crippen molar-refractivity contribution in [1.82, 2.24) is 0 Å². The van der Waals surface area contributed by atoms with E-state index >= 15 is 0 Å². The van der Waals surface area contributed by atoms with Crippen molar-refractivity contribution in [2.24, 2.45) is 0 Å². The van der Waals surface area contributed by atoms with Gasteiger partial charge >= 0.3 is 5.97 Å². The molecule has 2 heterocycles. The van der Waals surface area contributed by atoms with E-state index in [4.69, 9.17) is 4.42 Å². The number of hydrogen-bond donors (Lipinski definition) is 2. The quantitative estimate of drug-likeness (QED) is 0.904. The highest BCUT2D eigenvalue weighted by Crippen LogP contribution is 2.32. The smallest absolute Gasteiger partial charge is 0.338 e. The molecule has 0 aliphatic carbocycles. The molecule has 2 N–H and O–H groups in total. The van der Waals surface area contributed by atoms with E-state index in [0.29, 0.717) is 21.9 Å². The van der Waals surface area contributed by atoms with Crippen LogP contribution in [0.15, 0.2) is 16.7 Å². The first kappa shape index (κ1) is 13.4. The lowest BCUT2D eigenvalue weighted by atomic mass is 10.1. The Morgan fingerprint density at radius 2 is 2.00 bits per heavy atom. The molecule has 2 aromatic heterocycles. The van der Waals surface area contributed by atoms with Gasteiger partial charge in [-0.1, -0.05) is 0 Å². The van der Waals surface area contributed by atoms with Crippen LogP contribution in [0.5, 0.6) is 0 Å². The molecule has 2 rings (SSSR count). The summed E-state index contributed by atoms with van der Waals surface area (Å²) in [6.45, 7) is 5.29. The third-order valence-electron chi connectivity index (χ3n) is 2.82. The Labute approximate surface area is 113 Å². The highest BCUT2D eigenvalue weighted by Gasteiger charge is 2.21. The van der Waals surface area contributed by atoms with Crippen LogP contribution in [0.25, 0.3) is 0 Å². The summed E-state index contributed by atoms with van der Waals surface area (Å²) in [5, 5.41) is 12.2. The SMILES string of the molecule is Cc1cc(C(=O)Nc2sc(C)c(C)c2C(=O)O)co1. The van der Waals surface area contributed by atoms with Crippen molar-refractivity contribution in [3.63, 3.8) is 0 Å². The third-order valence-corrected chi connectivity index (χ3v) is 3.94. The number of carboxylic acid groups (broad SMARTS) is 1. The van der Waals surface area contributed by atoms with Gasteiger partial charge in [-0.05, 0) is 32.4 Å². The van der Waals surface area contributed by atoms with Crippen molar-refractivity contribution in [3.8, 4) is 0 Å². The fraction of sp³-hybridized carbons (Fsp3) is 0.231. The Kier molecular flexibility index (Phi) is 3.44. The van der Waals surface area contributed by atoms with E-state index in [1.54, 1.807) is 19.9 Å². The van der Waals surface area contributed by atoms with Crippen LogP contribution in [-0.2, 0) is 0 Å². The number of amides is 1. The normalized spacial score (nSPS) is 10.5. The van der Waals surface area contributed by atoms with E-state index < -0.39 is 5.97 Å². The summed E-state index contributed by atoms with van der Waals surface area (Å²) >= 11 is 1.26. The van der Waals surface area contributed by atoms with Gasteiger partial charge in [-0.3, -0.25) is 4.79 Å². The van der Waals surface area contributed by atoms with E-state index in [0.717, 1.165) is 4.88 Å². The lowest BCUT2D eigenvalue weighted by Gasteiger charge is -2.02. The number of aromatic carboxylic acids is 1. The Bertz CT molecular complexity index is 654. The van der Waals surface area contributed by atoms with Gasteiger partial charge in [0.05, 0.1) is 11.1 Å². The number of carbonyl (C=O) groups is 2. The average molecular weight is 279 g/mol. The average Bonchev–Trinajstić information content (AvgIpc) is 2.85. The lowest BCUT2D eigenvalue weighted by Crippen LogP contribution is -2.12. The number of carbonyl (C=O) groups excluding carboxylic acids is 1. The number of anilines is 1. The summed E-state index contributed by atoms with van der Waals surface area (Å²) in [6.07, 6.45) is 1.35. The lowest BCUT2D eigenvalue weighted by molar-refractivity contribution is 0.0697. The summed E-state index contributed by atoms with van der Waals surface area (Å²) < 4.78 is 5.06. The van der Waals surface area contributed by atoms with Crippen molar-refractivity contribution < 1.29 is 19.1 Å². The number of hydrogen-bond acceptors (Lipinski definition) is 4. The van der Waals surface area contributed by atoms with Gasteiger partial charge < -0.3 is 14.8 Å². The predicted molar refractivity (Wildman–Crippen MR) is 72.2 cm³/mol. The molecule has 0 atom stereocenters. The monoisotopic (exact) mass is 279 g/mol. The van der Waals surface area contributed by atoms with Crippen molar-refractivity contribution in [1.29, 1.82) is 0 Å². The van der Waals surface area contributed by atoms with Crippen molar-refractivity contribution >= 4 is 28.2 Å². The first-order valence-electron chi connectivity index (χ1n) is 5.60. The second kappa shape index (κ2) is 4.89. The molecule has 0 aliphatic rings. The zero-order valence-electron chi connectivity index (χ0n) is 10.7. The number of furan rings is 1. The molecule has 0 aromatic carbocycles. The van der Waals surface area contributed by atoms with E-state index in [-0.39, 0.29) is 11.5 Å². The fourth-order valence-electron chi connectivity index (χ4n) is 1.71. The minimum absolute atomic E-state index is 0.149. The Morgan fingerprint density at radius 1 is 1.32 bits per heavy atom. The van der Waals surface area contributed by atoms with E-state index in [1.165, 1.54) is 17.6 Å². The van der Waals surface area contributed by atoms with Gasteiger partial charge in [0.2, 0.25) is 0 Å². The summed E-state index contributed by atoms with van der Waals surface area (Å²) in [4.78, 5) is 24.1. The fourth-order valence-corrected chi connectivity index (χ4v) is 2.76. The van der Waals surface area contributed by atoms with E-state index in [2.05, 4.69) is 5.32 Å². The topological polar surface area (TPSA) is 79.5 Å². The summed E-state index contributed by atoms with van der Waals surface area (Å²) in [5.74, 6) is -0.789. The van der Waals surface area contributed by atoms with Crippen molar-refractivity contribution in [2.45, 2.75) is 20.8 Å². The molecule has 0 saturated carbocycles. The first-order chi connectivity index (χ1) is 8.90. The van der Waals surface area contributed by atoms with Crippen LogP contribution >= 0.6 is 11.3 Å². The molecule has 0 aliphatic heterocycles. The Morgan fingerprint density at radius 3 is 2.53 bits per heavy atom. The van der Waals surface area contributed by atoms with Crippen molar-refractivity contribution in [2.75, 3.05) is 5.32 Å². The van der Waals surface area contributed by atoms with Gasteiger partial charge in [-0.25, -0.2) is 4.79 Å². The highest BCUT2D eigenvalue weighted by molar-refractivity contribution is 7.16. The zero-order valence-corrected chi connectivity index (χ0v) is 11.6. The van der Waals surface area contributed by atoms with Crippen LogP contribution in [0.3, 0.4) is 0 Å².